The Morgan fingerprint density at radius 2 is 1.60 bits per heavy atom. The van der Waals surface area contributed by atoms with Crippen LogP contribution < -0.4 is 0 Å². The van der Waals surface area contributed by atoms with Gasteiger partial charge < -0.3 is 30.6 Å². The lowest BCUT2D eigenvalue weighted by molar-refractivity contribution is -0.113. The van der Waals surface area contributed by atoms with E-state index in [-0.39, 0.29) is 29.7 Å². The van der Waals surface area contributed by atoms with Crippen LogP contribution in [0.2, 0.25) is 0 Å². The number of carbonyl (C=O) groups excluding carboxylic acids is 1. The summed E-state index contributed by atoms with van der Waals surface area (Å²) in [7, 11) is 0. The van der Waals surface area contributed by atoms with Crippen LogP contribution in [0.4, 0.5) is 0 Å². The van der Waals surface area contributed by atoms with Gasteiger partial charge in [-0.15, -0.1) is 0 Å². The van der Waals surface area contributed by atoms with Gasteiger partial charge in [-0.3, -0.25) is 4.79 Å². The first-order valence-electron chi connectivity index (χ1n) is 5.88. The number of aliphatic hydroxyl groups is 6. The molecule has 0 saturated carbocycles. The van der Waals surface area contributed by atoms with Crippen molar-refractivity contribution in [3.05, 3.63) is 46.3 Å². The number of hydrogen-bond donors (Lipinski definition) is 6. The van der Waals surface area contributed by atoms with Gasteiger partial charge in [-0.1, -0.05) is 6.08 Å². The van der Waals surface area contributed by atoms with Crippen LogP contribution in [0, 0.1) is 0 Å². The van der Waals surface area contributed by atoms with E-state index in [1.807, 2.05) is 0 Å². The highest BCUT2D eigenvalue weighted by Crippen LogP contribution is 2.30. The molecule has 2 aliphatic carbocycles. The van der Waals surface area contributed by atoms with Gasteiger partial charge in [-0.2, -0.15) is 0 Å². The highest BCUT2D eigenvalue weighted by molar-refractivity contribution is 6.09. The Morgan fingerprint density at radius 3 is 2.20 bits per heavy atom. The Labute approximate surface area is 113 Å². The van der Waals surface area contributed by atoms with Crippen molar-refractivity contribution >= 4 is 5.78 Å². The number of rotatable bonds is 2. The molecule has 0 heterocycles. The molecule has 6 N–H and O–H groups in total. The molecule has 0 radical (unpaired) electrons. The molecule has 0 aromatic rings. The lowest BCUT2D eigenvalue weighted by Crippen LogP contribution is -2.26. The summed E-state index contributed by atoms with van der Waals surface area (Å²) < 4.78 is 0. The predicted molar refractivity (Wildman–Crippen MR) is 67.0 cm³/mol. The van der Waals surface area contributed by atoms with Crippen molar-refractivity contribution in [3.8, 4) is 0 Å². The summed E-state index contributed by atoms with van der Waals surface area (Å²) in [5.74, 6) is -3.49. The van der Waals surface area contributed by atoms with E-state index in [0.717, 1.165) is 6.08 Å². The topological polar surface area (TPSA) is 138 Å². The Balaban J connectivity index is 2.36. The van der Waals surface area contributed by atoms with E-state index in [1.165, 1.54) is 6.08 Å². The SMILES string of the molecule is O=C(C1=CC=C(O)C(O)C1)C1=C(O)C(O)=C(O)C(O)C1. The van der Waals surface area contributed by atoms with Gasteiger partial charge in [0.15, 0.2) is 23.1 Å². The number of aliphatic hydroxyl groups excluding tert-OH is 6. The highest BCUT2D eigenvalue weighted by atomic mass is 16.4. The summed E-state index contributed by atoms with van der Waals surface area (Å²) in [4.78, 5) is 12.2. The van der Waals surface area contributed by atoms with Crippen molar-refractivity contribution in [2.75, 3.05) is 0 Å². The lowest BCUT2D eigenvalue weighted by atomic mass is 9.88. The molecule has 2 unspecified atom stereocenters. The molecule has 0 aromatic carbocycles. The molecule has 7 heteroatoms. The molecule has 2 atom stereocenters. The molecule has 0 amide bonds. The molecular weight excluding hydrogens is 268 g/mol. The standard InChI is InChI=1S/C13H14O7/c14-7-2-1-5(3-8(7)15)10(17)6-4-9(16)12(19)13(20)11(6)18/h1-2,8-9,14-16,18-20H,3-4H2. The normalized spacial score (nSPS) is 27.3. The van der Waals surface area contributed by atoms with E-state index in [4.69, 9.17) is 0 Å². The third-order valence-electron chi connectivity index (χ3n) is 3.24. The Hall–Kier alpha value is -2.25. The van der Waals surface area contributed by atoms with Crippen molar-refractivity contribution < 1.29 is 35.4 Å². The van der Waals surface area contributed by atoms with Crippen LogP contribution in [0.25, 0.3) is 0 Å². The highest BCUT2D eigenvalue weighted by Gasteiger charge is 2.33. The van der Waals surface area contributed by atoms with E-state index in [9.17, 15) is 35.4 Å². The second-order valence-corrected chi connectivity index (χ2v) is 4.61. The first-order chi connectivity index (χ1) is 9.32. The summed E-state index contributed by atoms with van der Waals surface area (Å²) in [5, 5.41) is 56.6. The monoisotopic (exact) mass is 282 g/mol. The van der Waals surface area contributed by atoms with Crippen LogP contribution in [0.5, 0.6) is 0 Å². The number of Topliss-reactive ketones (excluding diaryl/α,β-unsaturated/α-hetero) is 1. The van der Waals surface area contributed by atoms with Gasteiger partial charge in [-0.25, -0.2) is 0 Å². The Morgan fingerprint density at radius 1 is 0.950 bits per heavy atom. The van der Waals surface area contributed by atoms with E-state index in [2.05, 4.69) is 0 Å². The predicted octanol–water partition coefficient (Wildman–Crippen LogP) is 0.593. The number of allylic oxidation sites excluding steroid dienone is 2. The summed E-state index contributed by atoms with van der Waals surface area (Å²) in [6.45, 7) is 0. The van der Waals surface area contributed by atoms with Crippen molar-refractivity contribution in [2.24, 2.45) is 0 Å². The first kappa shape index (κ1) is 14.2. The fraction of sp³-hybridized carbons (Fsp3) is 0.308. The molecule has 0 bridgehead atoms. The zero-order valence-corrected chi connectivity index (χ0v) is 10.3. The van der Waals surface area contributed by atoms with Crippen LogP contribution in [-0.2, 0) is 4.79 Å². The third-order valence-corrected chi connectivity index (χ3v) is 3.24. The van der Waals surface area contributed by atoms with Crippen LogP contribution in [-0.4, -0.2) is 48.6 Å². The van der Waals surface area contributed by atoms with Crippen molar-refractivity contribution in [3.63, 3.8) is 0 Å². The van der Waals surface area contributed by atoms with Crippen LogP contribution in [0.15, 0.2) is 46.3 Å². The number of carbonyl (C=O) groups is 1. The van der Waals surface area contributed by atoms with Gasteiger partial charge in [0, 0.05) is 24.0 Å². The summed E-state index contributed by atoms with van der Waals surface area (Å²) in [6, 6.07) is 0. The zero-order valence-electron chi connectivity index (χ0n) is 10.3. The molecule has 2 rings (SSSR count). The lowest BCUT2D eigenvalue weighted by Gasteiger charge is -2.22. The fourth-order valence-electron chi connectivity index (χ4n) is 2.05. The van der Waals surface area contributed by atoms with Crippen LogP contribution >= 0.6 is 0 Å². The molecule has 0 spiro atoms. The molecule has 0 saturated heterocycles. The van der Waals surface area contributed by atoms with Gasteiger partial charge in [0.2, 0.25) is 0 Å². The Kier molecular flexibility index (Phi) is 3.56. The Bertz CT molecular complexity index is 580. The molecule has 20 heavy (non-hydrogen) atoms. The maximum absolute atomic E-state index is 12.2. The van der Waals surface area contributed by atoms with Gasteiger partial charge in [0.05, 0.1) is 0 Å². The molecule has 2 aliphatic rings. The number of hydrogen-bond acceptors (Lipinski definition) is 7. The van der Waals surface area contributed by atoms with Crippen molar-refractivity contribution in [2.45, 2.75) is 25.0 Å². The first-order valence-corrected chi connectivity index (χ1v) is 5.88. The molecule has 0 aliphatic heterocycles. The van der Waals surface area contributed by atoms with Gasteiger partial charge >= 0.3 is 0 Å². The van der Waals surface area contributed by atoms with Crippen molar-refractivity contribution in [1.82, 2.24) is 0 Å². The minimum Gasteiger partial charge on any atom is -0.510 e. The van der Waals surface area contributed by atoms with Crippen molar-refractivity contribution in [1.29, 1.82) is 0 Å². The molecule has 0 fully saturated rings. The summed E-state index contributed by atoms with van der Waals surface area (Å²) in [6.07, 6.45) is -0.762. The maximum atomic E-state index is 12.2. The summed E-state index contributed by atoms with van der Waals surface area (Å²) >= 11 is 0. The molecule has 7 nitrogen and oxygen atoms in total. The smallest absolute Gasteiger partial charge is 0.199 e. The van der Waals surface area contributed by atoms with Gasteiger partial charge in [0.25, 0.3) is 0 Å². The van der Waals surface area contributed by atoms with E-state index < -0.39 is 35.3 Å². The quantitative estimate of drug-likeness (QED) is 0.436. The second-order valence-electron chi connectivity index (χ2n) is 4.61. The largest absolute Gasteiger partial charge is 0.510 e. The minimum atomic E-state index is -1.48. The minimum absolute atomic E-state index is 0.109. The average molecular weight is 282 g/mol. The third kappa shape index (κ3) is 2.28. The van der Waals surface area contributed by atoms with E-state index in [0.29, 0.717) is 0 Å². The van der Waals surface area contributed by atoms with Crippen LogP contribution in [0.1, 0.15) is 12.8 Å². The summed E-state index contributed by atoms with van der Waals surface area (Å²) in [5.41, 5.74) is -0.153. The van der Waals surface area contributed by atoms with E-state index >= 15 is 0 Å². The fourth-order valence-corrected chi connectivity index (χ4v) is 2.05. The zero-order chi connectivity index (χ0) is 15.0. The number of ketones is 1. The van der Waals surface area contributed by atoms with E-state index in [1.54, 1.807) is 0 Å². The van der Waals surface area contributed by atoms with Gasteiger partial charge in [0.1, 0.15) is 18.0 Å². The second kappa shape index (κ2) is 5.03. The van der Waals surface area contributed by atoms with Crippen LogP contribution in [0.3, 0.4) is 0 Å². The average Bonchev–Trinajstić information content (AvgIpc) is 2.43. The molecule has 108 valence electrons. The molecule has 0 aromatic heterocycles. The van der Waals surface area contributed by atoms with Gasteiger partial charge in [-0.05, 0) is 6.08 Å². The molecular formula is C13H14O7. The maximum Gasteiger partial charge on any atom is 0.199 e.